The van der Waals surface area contributed by atoms with Gasteiger partial charge < -0.3 is 15.3 Å². The minimum atomic E-state index is -0.396. The topological polar surface area (TPSA) is 78.4 Å². The average Bonchev–Trinajstić information content (AvgIpc) is 2.55. The summed E-state index contributed by atoms with van der Waals surface area (Å²) in [6, 6.07) is 8.71. The van der Waals surface area contributed by atoms with Crippen LogP contribution in [0.25, 0.3) is 0 Å². The summed E-state index contributed by atoms with van der Waals surface area (Å²) in [4.78, 5) is 22.4. The number of rotatable bonds is 6. The summed E-state index contributed by atoms with van der Waals surface area (Å²) in [7, 11) is 3.79. The highest BCUT2D eigenvalue weighted by atomic mass is 16.3. The van der Waals surface area contributed by atoms with Crippen molar-refractivity contribution < 1.29 is 9.90 Å². The van der Waals surface area contributed by atoms with E-state index >= 15 is 0 Å². The monoisotopic (exact) mass is 300 g/mol. The lowest BCUT2D eigenvalue weighted by molar-refractivity contribution is 0.0911. The number of pyridine rings is 2. The molecule has 0 spiro atoms. The zero-order chi connectivity index (χ0) is 15.9. The van der Waals surface area contributed by atoms with Gasteiger partial charge in [-0.05, 0) is 24.3 Å². The molecule has 0 aliphatic heterocycles. The van der Waals surface area contributed by atoms with Crippen molar-refractivity contribution in [2.24, 2.45) is 0 Å². The predicted octanol–water partition coefficient (Wildman–Crippen LogP) is 0.876. The highest BCUT2D eigenvalue weighted by Crippen LogP contribution is 2.11. The van der Waals surface area contributed by atoms with Crippen molar-refractivity contribution in [3.8, 4) is 0 Å². The lowest BCUT2D eigenvalue weighted by atomic mass is 10.1. The molecule has 2 rings (SSSR count). The van der Waals surface area contributed by atoms with E-state index in [4.69, 9.17) is 0 Å². The van der Waals surface area contributed by atoms with Crippen LogP contribution in [0, 0.1) is 0 Å². The normalized spacial score (nSPS) is 11.8. The molecule has 22 heavy (non-hydrogen) atoms. The molecular formula is C16H20N4O2. The smallest absolute Gasteiger partial charge is 0.270 e. The summed E-state index contributed by atoms with van der Waals surface area (Å²) in [6.45, 7) is -0.157. The van der Waals surface area contributed by atoms with Gasteiger partial charge in [-0.3, -0.25) is 14.8 Å². The molecule has 2 N–H and O–H groups in total. The third kappa shape index (κ3) is 4.26. The summed E-state index contributed by atoms with van der Waals surface area (Å²) in [6.07, 6.45) is 3.75. The van der Waals surface area contributed by atoms with Crippen LogP contribution in [0.15, 0.2) is 42.7 Å². The number of hydrogen-bond donors (Lipinski definition) is 2. The first-order valence-corrected chi connectivity index (χ1v) is 7.05. The second kappa shape index (κ2) is 7.51. The van der Waals surface area contributed by atoms with Crippen molar-refractivity contribution >= 4 is 11.6 Å². The average molecular weight is 300 g/mol. The van der Waals surface area contributed by atoms with Crippen LogP contribution in [-0.4, -0.2) is 47.7 Å². The number of aliphatic hydroxyl groups is 1. The van der Waals surface area contributed by atoms with Gasteiger partial charge in [0.05, 0.1) is 12.6 Å². The SMILES string of the molecule is CN(C)c1ccnc(C(=O)N[C@H](CO)Cc2ccccn2)c1. The first kappa shape index (κ1) is 15.9. The van der Waals surface area contributed by atoms with E-state index in [9.17, 15) is 9.90 Å². The Hall–Kier alpha value is -2.47. The third-order valence-corrected chi connectivity index (χ3v) is 3.23. The van der Waals surface area contributed by atoms with Crippen molar-refractivity contribution in [3.63, 3.8) is 0 Å². The highest BCUT2D eigenvalue weighted by Gasteiger charge is 2.15. The number of aromatic nitrogens is 2. The van der Waals surface area contributed by atoms with Crippen LogP contribution in [0.3, 0.4) is 0 Å². The molecular weight excluding hydrogens is 280 g/mol. The molecule has 0 unspecified atom stereocenters. The molecule has 2 aromatic heterocycles. The number of nitrogens with one attached hydrogen (secondary N) is 1. The summed E-state index contributed by atoms with van der Waals surface area (Å²) in [5, 5.41) is 12.2. The molecule has 0 fully saturated rings. The molecule has 0 aliphatic carbocycles. The van der Waals surface area contributed by atoms with Crippen LogP contribution >= 0.6 is 0 Å². The summed E-state index contributed by atoms with van der Waals surface area (Å²) in [5.74, 6) is -0.307. The number of anilines is 1. The van der Waals surface area contributed by atoms with Gasteiger partial charge >= 0.3 is 0 Å². The van der Waals surface area contributed by atoms with Gasteiger partial charge in [0.2, 0.25) is 0 Å². The van der Waals surface area contributed by atoms with Crippen LogP contribution < -0.4 is 10.2 Å². The van der Waals surface area contributed by atoms with Crippen molar-refractivity contribution in [2.75, 3.05) is 25.6 Å². The Balaban J connectivity index is 2.04. The quantitative estimate of drug-likeness (QED) is 0.828. The lowest BCUT2D eigenvalue weighted by Crippen LogP contribution is -2.39. The predicted molar refractivity (Wildman–Crippen MR) is 84.8 cm³/mol. The Morgan fingerprint density at radius 3 is 2.73 bits per heavy atom. The van der Waals surface area contributed by atoms with E-state index in [1.807, 2.05) is 43.3 Å². The van der Waals surface area contributed by atoms with Gasteiger partial charge in [0, 0.05) is 44.3 Å². The van der Waals surface area contributed by atoms with Crippen molar-refractivity contribution in [3.05, 3.63) is 54.1 Å². The van der Waals surface area contributed by atoms with Crippen molar-refractivity contribution in [1.29, 1.82) is 0 Å². The molecule has 0 aromatic carbocycles. The number of carbonyl (C=O) groups excluding carboxylic acids is 1. The minimum Gasteiger partial charge on any atom is -0.394 e. The fraction of sp³-hybridized carbons (Fsp3) is 0.312. The van der Waals surface area contributed by atoms with Crippen molar-refractivity contribution in [2.45, 2.75) is 12.5 Å². The number of amides is 1. The molecule has 2 aromatic rings. The molecule has 1 atom stereocenters. The third-order valence-electron chi connectivity index (χ3n) is 3.23. The van der Waals surface area contributed by atoms with E-state index in [1.165, 1.54) is 0 Å². The van der Waals surface area contributed by atoms with Gasteiger partial charge in [-0.2, -0.15) is 0 Å². The first-order valence-electron chi connectivity index (χ1n) is 7.05. The Kier molecular flexibility index (Phi) is 5.43. The van der Waals surface area contributed by atoms with Gasteiger partial charge in [0.25, 0.3) is 5.91 Å². The Morgan fingerprint density at radius 2 is 2.09 bits per heavy atom. The van der Waals surface area contributed by atoms with Gasteiger partial charge in [0.1, 0.15) is 5.69 Å². The Labute approximate surface area is 129 Å². The van der Waals surface area contributed by atoms with Gasteiger partial charge in [-0.25, -0.2) is 0 Å². The zero-order valence-electron chi connectivity index (χ0n) is 12.7. The van der Waals surface area contributed by atoms with Crippen LogP contribution in [0.5, 0.6) is 0 Å². The fourth-order valence-electron chi connectivity index (χ4n) is 2.01. The van der Waals surface area contributed by atoms with E-state index in [-0.39, 0.29) is 12.5 Å². The molecule has 0 bridgehead atoms. The van der Waals surface area contributed by atoms with E-state index < -0.39 is 6.04 Å². The minimum absolute atomic E-state index is 0.157. The molecule has 0 saturated heterocycles. The van der Waals surface area contributed by atoms with Gasteiger partial charge in [0.15, 0.2) is 0 Å². The molecule has 0 aliphatic rings. The van der Waals surface area contributed by atoms with E-state index in [0.717, 1.165) is 11.4 Å². The fourth-order valence-corrected chi connectivity index (χ4v) is 2.01. The van der Waals surface area contributed by atoms with Crippen molar-refractivity contribution in [1.82, 2.24) is 15.3 Å². The number of carbonyl (C=O) groups is 1. The second-order valence-electron chi connectivity index (χ2n) is 5.17. The lowest BCUT2D eigenvalue weighted by Gasteiger charge is -2.17. The molecule has 6 nitrogen and oxygen atoms in total. The summed E-state index contributed by atoms with van der Waals surface area (Å²) in [5.41, 5.74) is 2.04. The summed E-state index contributed by atoms with van der Waals surface area (Å²) >= 11 is 0. The molecule has 2 heterocycles. The molecule has 0 radical (unpaired) electrons. The highest BCUT2D eigenvalue weighted by molar-refractivity contribution is 5.93. The maximum absolute atomic E-state index is 12.3. The van der Waals surface area contributed by atoms with Crippen LogP contribution in [-0.2, 0) is 6.42 Å². The van der Waals surface area contributed by atoms with E-state index in [2.05, 4.69) is 15.3 Å². The molecule has 116 valence electrons. The maximum Gasteiger partial charge on any atom is 0.270 e. The van der Waals surface area contributed by atoms with E-state index in [0.29, 0.717) is 12.1 Å². The van der Waals surface area contributed by atoms with Gasteiger partial charge in [-0.1, -0.05) is 6.07 Å². The largest absolute Gasteiger partial charge is 0.394 e. The maximum atomic E-state index is 12.3. The standard InChI is InChI=1S/C16H20N4O2/c1-20(2)14-6-8-18-15(10-14)16(22)19-13(11-21)9-12-5-3-4-7-17-12/h3-8,10,13,21H,9,11H2,1-2H3,(H,19,22)/t13-/m0/s1. The molecule has 0 saturated carbocycles. The Morgan fingerprint density at radius 1 is 1.27 bits per heavy atom. The number of nitrogens with zero attached hydrogens (tertiary/aromatic N) is 3. The molecule has 1 amide bonds. The number of hydrogen-bond acceptors (Lipinski definition) is 5. The van der Waals surface area contributed by atoms with Gasteiger partial charge in [-0.15, -0.1) is 0 Å². The number of aliphatic hydroxyl groups excluding tert-OH is 1. The van der Waals surface area contributed by atoms with E-state index in [1.54, 1.807) is 18.5 Å². The zero-order valence-corrected chi connectivity index (χ0v) is 12.7. The Bertz CT molecular complexity index is 617. The molecule has 6 heteroatoms. The van der Waals surface area contributed by atoms with Crippen LogP contribution in [0.4, 0.5) is 5.69 Å². The summed E-state index contributed by atoms with van der Waals surface area (Å²) < 4.78 is 0. The van der Waals surface area contributed by atoms with Crippen LogP contribution in [0.1, 0.15) is 16.2 Å². The second-order valence-corrected chi connectivity index (χ2v) is 5.17. The van der Waals surface area contributed by atoms with Crippen LogP contribution in [0.2, 0.25) is 0 Å². The first-order chi connectivity index (χ1) is 10.6.